The van der Waals surface area contributed by atoms with Crippen molar-refractivity contribution < 1.29 is 57.8 Å². The van der Waals surface area contributed by atoms with Crippen molar-refractivity contribution in [2.75, 3.05) is 48.3 Å². The van der Waals surface area contributed by atoms with Crippen LogP contribution in [-0.2, 0) is 59.2 Å². The molecule has 0 bridgehead atoms. The number of aryl methyl sites for hydroxylation is 1. The first-order chi connectivity index (χ1) is 34.2. The summed E-state index contributed by atoms with van der Waals surface area (Å²) in [4.78, 5) is 92.6. The van der Waals surface area contributed by atoms with Gasteiger partial charge >= 0.3 is 0 Å². The van der Waals surface area contributed by atoms with E-state index in [2.05, 4.69) is 122 Å². The van der Waals surface area contributed by atoms with Crippen LogP contribution in [0.4, 0.5) is 0 Å². The number of carbonyl (C=O) groups is 11. The number of rotatable bonds is 3. The molecule has 1 heterocycles. The third-order valence-corrected chi connectivity index (χ3v) is 4.69. The molecule has 1 aliphatic rings. The van der Waals surface area contributed by atoms with Crippen molar-refractivity contribution in [2.45, 2.75) is 176 Å². The molecule has 0 radical (unpaired) electrons. The monoisotopic (exact) mass is 1130 g/mol. The van der Waals surface area contributed by atoms with Gasteiger partial charge in [-0.25, -0.2) is 0 Å². The van der Waals surface area contributed by atoms with E-state index in [1.807, 2.05) is 120 Å². The molecule has 0 atom stereocenters. The number of hydrogen-bond acceptors (Lipinski definition) is 22. The molecule has 0 spiro atoms. The standard InChI is InChI=1S/C8H10.C7H13NO.2C5H12.C4H10.C3H8O.3C2H6.5CH5N.10CH2O.5H3N/c1-2-8-6-4-3-5-7-8;1-7(9)8-5-3-2-4-6-8;2*1-4-5(2)3;1-4(2)3;1-3(2)4;18*1-2;;;;;/h3-7H,2H2,1H3;2-6H2,1H3;2*5H,4H2,1-3H3;4H,1-3H3;3-4H,1-2H3;3*1-2H3;5*2H2,1H3;10*1H2;5*1H3. The highest BCUT2D eigenvalue weighted by molar-refractivity contribution is 5.73. The fourth-order valence-electron chi connectivity index (χ4n) is 1.92. The molecule has 1 fully saturated rings. The third kappa shape index (κ3) is 725. The van der Waals surface area contributed by atoms with E-state index in [1.54, 1.807) is 20.8 Å². The smallest absolute Gasteiger partial charge is 0.219 e. The molecular weight excluding hydrogens is 983 g/mol. The molecule has 0 unspecified atom stereocenters. The zero-order valence-corrected chi connectivity index (χ0v) is 54.7. The van der Waals surface area contributed by atoms with Gasteiger partial charge in [-0.2, -0.15) is 0 Å². The van der Waals surface area contributed by atoms with Gasteiger partial charge in [0.05, 0.1) is 0 Å². The Balaban J connectivity index is -0.0000000135. The fraction of sp³-hybridized carbons (Fsp3) is 0.679. The van der Waals surface area contributed by atoms with Crippen LogP contribution in [0.5, 0.6) is 0 Å². The van der Waals surface area contributed by atoms with E-state index in [0.717, 1.165) is 37.3 Å². The molecule has 0 saturated carbocycles. The van der Waals surface area contributed by atoms with Gasteiger partial charge in [0, 0.05) is 26.1 Å². The highest BCUT2D eigenvalue weighted by Crippen LogP contribution is 2.07. The molecule has 0 aliphatic carbocycles. The number of amides is 1. The number of carbonyl (C=O) groups excluding carboxylic acids is 11. The Bertz CT molecular complexity index is 667. The van der Waals surface area contributed by atoms with Crippen molar-refractivity contribution in [1.29, 1.82) is 0 Å². The zero-order valence-electron chi connectivity index (χ0n) is 54.7. The summed E-state index contributed by atoms with van der Waals surface area (Å²) in [5, 5.41) is 8.06. The van der Waals surface area contributed by atoms with Crippen LogP contribution in [0.25, 0.3) is 0 Å². The molecule has 26 N–H and O–H groups in total. The first kappa shape index (κ1) is 180. The van der Waals surface area contributed by atoms with Crippen molar-refractivity contribution >= 4 is 73.8 Å². The molecule has 1 aliphatic heterocycles. The predicted molar refractivity (Wildman–Crippen MR) is 341 cm³/mol. The molecular formula is C53H143N11O12. The number of nitrogens with two attached hydrogens (primary N) is 5. The summed E-state index contributed by atoms with van der Waals surface area (Å²) in [7, 11) is 7.50. The van der Waals surface area contributed by atoms with Crippen LogP contribution >= 0.6 is 0 Å². The molecule has 1 saturated heterocycles. The van der Waals surface area contributed by atoms with Crippen LogP contribution in [-0.4, -0.2) is 138 Å². The van der Waals surface area contributed by atoms with Gasteiger partial charge in [-0.15, -0.1) is 0 Å². The lowest BCUT2D eigenvalue weighted by molar-refractivity contribution is -0.129. The van der Waals surface area contributed by atoms with E-state index < -0.39 is 0 Å². The number of aliphatic hydroxyl groups is 1. The van der Waals surface area contributed by atoms with Crippen LogP contribution in [0.1, 0.15) is 169 Å². The molecule has 0 aromatic heterocycles. The largest absolute Gasteiger partial charge is 0.394 e. The van der Waals surface area contributed by atoms with Gasteiger partial charge < -0.3 is 117 Å². The van der Waals surface area contributed by atoms with Crippen molar-refractivity contribution in [3.63, 3.8) is 0 Å². The van der Waals surface area contributed by atoms with E-state index in [0.29, 0.717) is 0 Å². The maximum atomic E-state index is 10.7. The Kier molecular flexibility index (Phi) is 938. The van der Waals surface area contributed by atoms with Gasteiger partial charge in [0.1, 0.15) is 67.9 Å². The van der Waals surface area contributed by atoms with Gasteiger partial charge in [0.2, 0.25) is 5.91 Å². The quantitative estimate of drug-likeness (QED) is 0.134. The molecule has 2 rings (SSSR count). The molecule has 1 aromatic rings. The molecule has 23 heteroatoms. The second-order valence-corrected chi connectivity index (χ2v) is 10.8. The molecule has 482 valence electrons. The van der Waals surface area contributed by atoms with E-state index in [9.17, 15) is 4.79 Å². The summed E-state index contributed by atoms with van der Waals surface area (Å²) < 4.78 is 0. The lowest BCUT2D eigenvalue weighted by Crippen LogP contribution is -2.33. The van der Waals surface area contributed by atoms with Gasteiger partial charge in [-0.05, 0) is 98.1 Å². The van der Waals surface area contributed by atoms with Crippen molar-refractivity contribution in [1.82, 2.24) is 35.7 Å². The summed E-state index contributed by atoms with van der Waals surface area (Å²) in [6.45, 7) is 61.0. The summed E-state index contributed by atoms with van der Waals surface area (Å²) >= 11 is 0. The Morgan fingerprint density at radius 3 is 0.658 bits per heavy atom. The summed E-state index contributed by atoms with van der Waals surface area (Å²) in [6, 6.07) is 10.5. The summed E-state index contributed by atoms with van der Waals surface area (Å²) in [6.07, 6.45) is 7.27. The van der Waals surface area contributed by atoms with Gasteiger partial charge in [-0.3, -0.25) is 4.79 Å². The number of hydrogen-bond donors (Lipinski definition) is 11. The van der Waals surface area contributed by atoms with E-state index in [1.165, 1.54) is 72.9 Å². The van der Waals surface area contributed by atoms with Crippen LogP contribution in [0.15, 0.2) is 30.3 Å². The average Bonchev–Trinajstić information content (AvgIpc) is 3.49. The van der Waals surface area contributed by atoms with Gasteiger partial charge in [0.25, 0.3) is 0 Å². The molecule has 1 aromatic carbocycles. The highest BCUT2D eigenvalue weighted by atomic mass is 16.3. The topological polar surface area (TPSA) is 516 Å². The van der Waals surface area contributed by atoms with Gasteiger partial charge in [-0.1, -0.05) is 154 Å². The molecule has 76 heavy (non-hydrogen) atoms. The Morgan fingerprint density at radius 2 is 0.579 bits per heavy atom. The minimum Gasteiger partial charge on any atom is -0.394 e. The minimum absolute atomic E-state index is 0. The fourth-order valence-corrected chi connectivity index (χ4v) is 1.92. The second-order valence-electron chi connectivity index (χ2n) is 10.8. The van der Waals surface area contributed by atoms with Crippen LogP contribution < -0.4 is 59.4 Å². The Morgan fingerprint density at radius 1 is 0.434 bits per heavy atom. The van der Waals surface area contributed by atoms with Crippen molar-refractivity contribution in [2.24, 2.45) is 46.4 Å². The van der Waals surface area contributed by atoms with Crippen LogP contribution in [0.2, 0.25) is 0 Å². The maximum absolute atomic E-state index is 10.7. The SMILES string of the molecule is C=O.C=O.C=O.C=O.C=O.C=O.C=O.C=O.C=O.C=O.CC.CC.CC.CC(=O)N1CCCCC1.CC(C)C.CC(C)O.CCC(C)C.CCC(C)C.CCc1ccccc1.CN.CN.CN.CN.CN.N.N.N.N.N. The lowest BCUT2D eigenvalue weighted by Gasteiger charge is -2.24. The average molecular weight is 1130 g/mol. The number of benzene rings is 1. The number of piperidine rings is 1. The summed E-state index contributed by atoms with van der Waals surface area (Å²) in [5.41, 5.74) is 23.9. The maximum Gasteiger partial charge on any atom is 0.219 e. The van der Waals surface area contributed by atoms with Crippen molar-refractivity contribution in [3.8, 4) is 0 Å². The number of aliphatic hydroxyl groups excluding tert-OH is 1. The lowest BCUT2D eigenvalue weighted by atomic mass is 10.1. The third-order valence-electron chi connectivity index (χ3n) is 4.69. The Hall–Kier alpha value is -5.05. The first-order valence-corrected chi connectivity index (χ1v) is 23.0. The van der Waals surface area contributed by atoms with Crippen molar-refractivity contribution in [3.05, 3.63) is 35.9 Å². The second kappa shape index (κ2) is 397. The number of likely N-dealkylation sites (tertiary alicyclic amines) is 1. The van der Waals surface area contributed by atoms with Gasteiger partial charge in [0.15, 0.2) is 0 Å². The summed E-state index contributed by atoms with van der Waals surface area (Å²) in [5.74, 6) is 2.83. The van der Waals surface area contributed by atoms with Crippen LogP contribution in [0, 0.1) is 17.8 Å². The normalized spacial score (nSPS) is 6.68. The van der Waals surface area contributed by atoms with E-state index >= 15 is 0 Å². The minimum atomic E-state index is -0.167. The molecule has 23 nitrogen and oxygen atoms in total. The first-order valence-electron chi connectivity index (χ1n) is 23.0. The van der Waals surface area contributed by atoms with Crippen LogP contribution in [0.3, 0.4) is 0 Å². The Labute approximate surface area is 472 Å². The van der Waals surface area contributed by atoms with E-state index in [4.69, 9.17) is 53.1 Å². The molecule has 1 amide bonds. The van der Waals surface area contributed by atoms with E-state index in [-0.39, 0.29) is 42.8 Å². The zero-order chi connectivity index (χ0) is 64.2. The number of nitrogens with zero attached hydrogens (tertiary/aromatic N) is 1. The highest BCUT2D eigenvalue weighted by Gasteiger charge is 2.11. The predicted octanol–water partition coefficient (Wildman–Crippen LogP) is 9.34.